The highest BCUT2D eigenvalue weighted by atomic mass is 32.2. The lowest BCUT2D eigenvalue weighted by Gasteiger charge is -2.11. The minimum absolute atomic E-state index is 0.0940. The van der Waals surface area contributed by atoms with Gasteiger partial charge in [-0.05, 0) is 48.5 Å². The van der Waals surface area contributed by atoms with E-state index in [0.717, 1.165) is 9.79 Å². The predicted octanol–water partition coefficient (Wildman–Crippen LogP) is 5.85. The van der Waals surface area contributed by atoms with Crippen LogP contribution in [-0.2, 0) is 0 Å². The number of phenolic OH excluding ortho intramolecular Hbond substituents is 4. The fourth-order valence-corrected chi connectivity index (χ4v) is 4.30. The second kappa shape index (κ2) is 9.36. The van der Waals surface area contributed by atoms with Gasteiger partial charge in [-0.3, -0.25) is 0 Å². The van der Waals surface area contributed by atoms with Crippen LogP contribution in [0.25, 0.3) is 34.2 Å². The molecule has 0 saturated carbocycles. The van der Waals surface area contributed by atoms with Gasteiger partial charge in [-0.1, -0.05) is 42.1 Å². The first-order chi connectivity index (χ1) is 17.0. The summed E-state index contributed by atoms with van der Waals surface area (Å²) in [5.41, 5.74) is 1.30. The quantitative estimate of drug-likeness (QED) is 0.247. The third kappa shape index (κ3) is 4.87. The Morgan fingerprint density at radius 3 is 1.49 bits per heavy atom. The van der Waals surface area contributed by atoms with Crippen molar-refractivity contribution in [2.45, 2.75) is 9.79 Å². The lowest BCUT2D eigenvalue weighted by molar-refractivity contribution is 0.451. The van der Waals surface area contributed by atoms with Crippen molar-refractivity contribution in [1.82, 2.24) is 15.0 Å². The van der Waals surface area contributed by atoms with E-state index in [2.05, 4.69) is 15.0 Å². The second-order valence-electron chi connectivity index (χ2n) is 7.65. The van der Waals surface area contributed by atoms with Crippen molar-refractivity contribution in [2.24, 2.45) is 0 Å². The van der Waals surface area contributed by atoms with Crippen molar-refractivity contribution in [1.29, 1.82) is 0 Å². The Labute approximate surface area is 205 Å². The third-order valence-electron chi connectivity index (χ3n) is 5.17. The van der Waals surface area contributed by atoms with Crippen molar-refractivity contribution < 1.29 is 20.4 Å². The molecule has 4 N–H and O–H groups in total. The van der Waals surface area contributed by atoms with Gasteiger partial charge in [0, 0.05) is 27.5 Å². The number of nitrogens with zero attached hydrogens (tertiary/aromatic N) is 3. The summed E-state index contributed by atoms with van der Waals surface area (Å²) in [4.78, 5) is 15.7. The molecule has 5 rings (SSSR count). The molecular formula is C27H19N3O4S. The zero-order chi connectivity index (χ0) is 24.4. The molecule has 1 heterocycles. The number of hydrogen-bond acceptors (Lipinski definition) is 8. The van der Waals surface area contributed by atoms with Gasteiger partial charge in [0.1, 0.15) is 23.0 Å². The van der Waals surface area contributed by atoms with E-state index in [-0.39, 0.29) is 34.6 Å². The van der Waals surface area contributed by atoms with Crippen molar-refractivity contribution in [2.75, 3.05) is 0 Å². The summed E-state index contributed by atoms with van der Waals surface area (Å²) in [5.74, 6) is 0.0822. The van der Waals surface area contributed by atoms with E-state index in [9.17, 15) is 20.4 Å². The lowest BCUT2D eigenvalue weighted by Crippen LogP contribution is -2.00. The molecule has 0 aliphatic heterocycles. The molecule has 4 aromatic carbocycles. The first kappa shape index (κ1) is 22.2. The van der Waals surface area contributed by atoms with Gasteiger partial charge in [0.15, 0.2) is 17.5 Å². The van der Waals surface area contributed by atoms with Crippen LogP contribution in [-0.4, -0.2) is 35.4 Å². The highest BCUT2D eigenvalue weighted by Gasteiger charge is 2.17. The topological polar surface area (TPSA) is 120 Å². The number of aromatic nitrogens is 3. The molecule has 8 heteroatoms. The SMILES string of the molecule is Oc1ccc(-c2nc(-c3ccc(Sc4ccccc4)cc3)nc(-c3ccc(O)cc3O)n2)c(O)c1. The fourth-order valence-electron chi connectivity index (χ4n) is 3.46. The zero-order valence-electron chi connectivity index (χ0n) is 18.2. The molecule has 1 aromatic heterocycles. The monoisotopic (exact) mass is 481 g/mol. The Morgan fingerprint density at radius 2 is 0.971 bits per heavy atom. The molecule has 172 valence electrons. The zero-order valence-corrected chi connectivity index (χ0v) is 19.0. The molecule has 0 atom stereocenters. The molecule has 0 aliphatic carbocycles. The number of rotatable bonds is 5. The van der Waals surface area contributed by atoms with Crippen LogP contribution in [0.15, 0.2) is 101 Å². The normalized spacial score (nSPS) is 10.9. The molecule has 0 radical (unpaired) electrons. The smallest absolute Gasteiger partial charge is 0.167 e. The highest BCUT2D eigenvalue weighted by Crippen LogP contribution is 2.35. The van der Waals surface area contributed by atoms with Crippen LogP contribution in [0, 0.1) is 0 Å². The summed E-state index contributed by atoms with van der Waals surface area (Å²) in [5, 5.41) is 40.1. The van der Waals surface area contributed by atoms with Crippen LogP contribution in [0.1, 0.15) is 0 Å². The summed E-state index contributed by atoms with van der Waals surface area (Å²) in [7, 11) is 0. The molecule has 0 spiro atoms. The van der Waals surface area contributed by atoms with Gasteiger partial charge >= 0.3 is 0 Å². The van der Waals surface area contributed by atoms with Crippen LogP contribution >= 0.6 is 11.8 Å². The molecule has 7 nitrogen and oxygen atoms in total. The Kier molecular flexibility index (Phi) is 5.95. The first-order valence-electron chi connectivity index (χ1n) is 10.6. The maximum absolute atomic E-state index is 10.4. The maximum Gasteiger partial charge on any atom is 0.167 e. The van der Waals surface area contributed by atoms with Crippen molar-refractivity contribution in [3.05, 3.63) is 91.0 Å². The van der Waals surface area contributed by atoms with Gasteiger partial charge in [-0.2, -0.15) is 0 Å². The molecule has 0 amide bonds. The number of hydrogen-bond donors (Lipinski definition) is 4. The van der Waals surface area contributed by atoms with Gasteiger partial charge in [0.05, 0.1) is 11.1 Å². The maximum atomic E-state index is 10.4. The standard InChI is InChI=1S/C27H19N3O4S/c31-17-8-12-21(23(33)14-17)26-28-25(29-27(30-26)22-13-9-18(32)15-24(22)34)16-6-10-20(11-7-16)35-19-4-2-1-3-5-19/h1-15,31-34H. The van der Waals surface area contributed by atoms with Crippen molar-refractivity contribution >= 4 is 11.8 Å². The fraction of sp³-hybridized carbons (Fsp3) is 0. The summed E-state index contributed by atoms with van der Waals surface area (Å²) in [6.45, 7) is 0. The van der Waals surface area contributed by atoms with Crippen molar-refractivity contribution in [3.8, 4) is 57.2 Å². The van der Waals surface area contributed by atoms with E-state index in [4.69, 9.17) is 0 Å². The Balaban J connectivity index is 1.59. The summed E-state index contributed by atoms with van der Waals surface area (Å²) in [6.07, 6.45) is 0. The van der Waals surface area contributed by atoms with Crippen LogP contribution in [0.2, 0.25) is 0 Å². The van der Waals surface area contributed by atoms with Gasteiger partial charge in [0.2, 0.25) is 0 Å². The van der Waals surface area contributed by atoms with Gasteiger partial charge in [-0.25, -0.2) is 15.0 Å². The minimum Gasteiger partial charge on any atom is -0.508 e. The van der Waals surface area contributed by atoms with E-state index in [1.54, 1.807) is 11.8 Å². The van der Waals surface area contributed by atoms with Gasteiger partial charge in [0.25, 0.3) is 0 Å². The number of aromatic hydroxyl groups is 4. The number of phenols is 4. The predicted molar refractivity (Wildman–Crippen MR) is 133 cm³/mol. The van der Waals surface area contributed by atoms with E-state index >= 15 is 0 Å². The molecule has 35 heavy (non-hydrogen) atoms. The van der Waals surface area contributed by atoms with E-state index in [1.165, 1.54) is 36.4 Å². The Morgan fingerprint density at radius 1 is 0.486 bits per heavy atom. The molecule has 0 fully saturated rings. The van der Waals surface area contributed by atoms with Gasteiger partial charge in [-0.15, -0.1) is 0 Å². The van der Waals surface area contributed by atoms with Gasteiger partial charge < -0.3 is 20.4 Å². The molecule has 0 unspecified atom stereocenters. The second-order valence-corrected chi connectivity index (χ2v) is 8.80. The van der Waals surface area contributed by atoms with E-state index < -0.39 is 0 Å². The summed E-state index contributed by atoms with van der Waals surface area (Å²) < 4.78 is 0. The first-order valence-corrected chi connectivity index (χ1v) is 11.4. The number of benzene rings is 4. The van der Waals surface area contributed by atoms with Crippen LogP contribution in [0.4, 0.5) is 0 Å². The minimum atomic E-state index is -0.197. The Hall–Kier alpha value is -4.56. The lowest BCUT2D eigenvalue weighted by atomic mass is 10.1. The summed E-state index contributed by atoms with van der Waals surface area (Å²) >= 11 is 1.63. The average Bonchev–Trinajstić information content (AvgIpc) is 2.85. The van der Waals surface area contributed by atoms with Crippen LogP contribution in [0.3, 0.4) is 0 Å². The molecule has 5 aromatic rings. The average molecular weight is 482 g/mol. The van der Waals surface area contributed by atoms with Crippen molar-refractivity contribution in [3.63, 3.8) is 0 Å². The molecule has 0 aliphatic rings. The van der Waals surface area contributed by atoms with E-state index in [1.807, 2.05) is 54.6 Å². The highest BCUT2D eigenvalue weighted by molar-refractivity contribution is 7.99. The summed E-state index contributed by atoms with van der Waals surface area (Å²) in [6, 6.07) is 26.0. The van der Waals surface area contributed by atoms with Crippen LogP contribution in [0.5, 0.6) is 23.0 Å². The molecule has 0 saturated heterocycles. The third-order valence-corrected chi connectivity index (χ3v) is 6.19. The largest absolute Gasteiger partial charge is 0.508 e. The van der Waals surface area contributed by atoms with Crippen LogP contribution < -0.4 is 0 Å². The molecule has 0 bridgehead atoms. The van der Waals surface area contributed by atoms with E-state index in [0.29, 0.717) is 22.5 Å². The Bertz CT molecular complexity index is 1440. The molecular weight excluding hydrogens is 462 g/mol.